The summed E-state index contributed by atoms with van der Waals surface area (Å²) in [6.45, 7) is 2.70. The molecule has 15 heavy (non-hydrogen) atoms. The van der Waals surface area contributed by atoms with Gasteiger partial charge in [-0.15, -0.1) is 0 Å². The van der Waals surface area contributed by atoms with Gasteiger partial charge in [0.05, 0.1) is 12.4 Å². The number of furan rings is 1. The molecule has 0 spiro atoms. The molecule has 86 valence electrons. The third kappa shape index (κ3) is 4.73. The van der Waals surface area contributed by atoms with Crippen LogP contribution in [0.2, 0.25) is 0 Å². The van der Waals surface area contributed by atoms with E-state index in [0.29, 0.717) is 6.61 Å². The molecule has 0 aliphatic rings. The van der Waals surface area contributed by atoms with E-state index >= 15 is 0 Å². The van der Waals surface area contributed by atoms with Crippen molar-refractivity contribution < 1.29 is 9.15 Å². The fourth-order valence-corrected chi connectivity index (χ4v) is 2.14. The van der Waals surface area contributed by atoms with Crippen LogP contribution in [0.3, 0.4) is 0 Å². The van der Waals surface area contributed by atoms with Crippen LogP contribution in [0.25, 0.3) is 0 Å². The summed E-state index contributed by atoms with van der Waals surface area (Å²) in [5.41, 5.74) is 5.80. The van der Waals surface area contributed by atoms with Crippen LogP contribution in [0.4, 0.5) is 0 Å². The zero-order valence-corrected chi connectivity index (χ0v) is 10.2. The number of hydrogen-bond acceptors (Lipinski definition) is 4. The summed E-state index contributed by atoms with van der Waals surface area (Å²) >= 11 is 1.78. The lowest BCUT2D eigenvalue weighted by molar-refractivity contribution is 0.186. The zero-order chi connectivity index (χ0) is 11.1. The molecule has 1 rings (SSSR count). The summed E-state index contributed by atoms with van der Waals surface area (Å²) in [4.78, 5) is 0. The van der Waals surface area contributed by atoms with Crippen LogP contribution >= 0.6 is 11.8 Å². The SMILES string of the molecule is CCc1ccc(CSCC(N)COC)o1. The Balaban J connectivity index is 2.19. The molecule has 0 saturated heterocycles. The minimum absolute atomic E-state index is 0.112. The Morgan fingerprint density at radius 1 is 1.47 bits per heavy atom. The first kappa shape index (κ1) is 12.6. The van der Waals surface area contributed by atoms with E-state index < -0.39 is 0 Å². The van der Waals surface area contributed by atoms with E-state index in [2.05, 4.69) is 6.92 Å². The molecule has 0 aromatic carbocycles. The normalized spacial score (nSPS) is 13.0. The Morgan fingerprint density at radius 2 is 2.20 bits per heavy atom. The highest BCUT2D eigenvalue weighted by atomic mass is 32.2. The van der Waals surface area contributed by atoms with Crippen LogP contribution in [0.1, 0.15) is 18.4 Å². The number of nitrogens with two attached hydrogens (primary N) is 1. The van der Waals surface area contributed by atoms with Crippen LogP contribution in [0, 0.1) is 0 Å². The van der Waals surface area contributed by atoms with Crippen molar-refractivity contribution in [2.45, 2.75) is 25.1 Å². The van der Waals surface area contributed by atoms with Gasteiger partial charge in [-0.1, -0.05) is 6.92 Å². The van der Waals surface area contributed by atoms with Gasteiger partial charge < -0.3 is 14.9 Å². The van der Waals surface area contributed by atoms with Crippen molar-refractivity contribution in [2.24, 2.45) is 5.73 Å². The molecule has 1 aromatic rings. The zero-order valence-electron chi connectivity index (χ0n) is 9.36. The molecule has 1 heterocycles. The summed E-state index contributed by atoms with van der Waals surface area (Å²) in [6, 6.07) is 4.18. The molecule has 0 aliphatic heterocycles. The first-order chi connectivity index (χ1) is 7.26. The maximum absolute atomic E-state index is 5.80. The molecule has 1 aromatic heterocycles. The van der Waals surface area contributed by atoms with Crippen LogP contribution in [0.15, 0.2) is 16.5 Å². The summed E-state index contributed by atoms with van der Waals surface area (Å²) in [7, 11) is 1.67. The predicted octanol–water partition coefficient (Wildman–Crippen LogP) is 2.05. The van der Waals surface area contributed by atoms with Crippen molar-refractivity contribution in [3.63, 3.8) is 0 Å². The van der Waals surface area contributed by atoms with Gasteiger partial charge in [0, 0.05) is 25.3 Å². The van der Waals surface area contributed by atoms with Gasteiger partial charge in [0.1, 0.15) is 11.5 Å². The highest BCUT2D eigenvalue weighted by molar-refractivity contribution is 7.98. The largest absolute Gasteiger partial charge is 0.465 e. The van der Waals surface area contributed by atoms with Crippen molar-refractivity contribution in [1.82, 2.24) is 0 Å². The first-order valence-electron chi connectivity index (χ1n) is 5.16. The maximum atomic E-state index is 5.80. The average Bonchev–Trinajstić information content (AvgIpc) is 2.66. The Kier molecular flexibility index (Phi) is 5.83. The van der Waals surface area contributed by atoms with Crippen LogP contribution in [-0.2, 0) is 16.9 Å². The van der Waals surface area contributed by atoms with Crippen LogP contribution in [-0.4, -0.2) is 25.5 Å². The van der Waals surface area contributed by atoms with Gasteiger partial charge in [-0.05, 0) is 12.1 Å². The van der Waals surface area contributed by atoms with Crippen molar-refractivity contribution in [3.05, 3.63) is 23.7 Å². The van der Waals surface area contributed by atoms with Crippen molar-refractivity contribution in [3.8, 4) is 0 Å². The second kappa shape index (κ2) is 6.93. The summed E-state index contributed by atoms with van der Waals surface area (Å²) < 4.78 is 10.5. The van der Waals surface area contributed by atoms with E-state index in [4.69, 9.17) is 14.9 Å². The highest BCUT2D eigenvalue weighted by Crippen LogP contribution is 2.16. The van der Waals surface area contributed by atoms with E-state index in [1.54, 1.807) is 18.9 Å². The van der Waals surface area contributed by atoms with Gasteiger partial charge in [0.15, 0.2) is 0 Å². The number of ether oxygens (including phenoxy) is 1. The van der Waals surface area contributed by atoms with Gasteiger partial charge in [-0.2, -0.15) is 11.8 Å². The number of thioether (sulfide) groups is 1. The number of methoxy groups -OCH3 is 1. The lowest BCUT2D eigenvalue weighted by Crippen LogP contribution is -2.28. The van der Waals surface area contributed by atoms with E-state index in [1.165, 1.54) is 0 Å². The Bertz CT molecular complexity index is 275. The van der Waals surface area contributed by atoms with E-state index in [0.717, 1.165) is 29.4 Å². The minimum atomic E-state index is 0.112. The number of hydrogen-bond donors (Lipinski definition) is 1. The quantitative estimate of drug-likeness (QED) is 0.777. The molecule has 0 radical (unpaired) electrons. The molecular formula is C11H19NO2S. The minimum Gasteiger partial charge on any atom is -0.465 e. The molecule has 0 saturated carbocycles. The molecule has 3 nitrogen and oxygen atoms in total. The second-order valence-corrected chi connectivity index (χ2v) is 4.48. The van der Waals surface area contributed by atoms with Gasteiger partial charge in [0.25, 0.3) is 0 Å². The first-order valence-corrected chi connectivity index (χ1v) is 6.31. The highest BCUT2D eigenvalue weighted by Gasteiger charge is 2.04. The third-order valence-corrected chi connectivity index (χ3v) is 3.18. The number of rotatable bonds is 7. The van der Waals surface area contributed by atoms with Crippen molar-refractivity contribution in [2.75, 3.05) is 19.5 Å². The lowest BCUT2D eigenvalue weighted by atomic mass is 10.4. The Hall–Kier alpha value is -0.450. The molecular weight excluding hydrogens is 210 g/mol. The topological polar surface area (TPSA) is 48.4 Å². The lowest BCUT2D eigenvalue weighted by Gasteiger charge is -2.08. The molecule has 0 bridgehead atoms. The summed E-state index contributed by atoms with van der Waals surface area (Å²) in [5.74, 6) is 3.86. The summed E-state index contributed by atoms with van der Waals surface area (Å²) in [6.07, 6.45) is 0.952. The summed E-state index contributed by atoms with van der Waals surface area (Å²) in [5, 5.41) is 0. The van der Waals surface area contributed by atoms with Gasteiger partial charge >= 0.3 is 0 Å². The molecule has 1 unspecified atom stereocenters. The van der Waals surface area contributed by atoms with E-state index in [-0.39, 0.29) is 6.04 Å². The molecule has 4 heteroatoms. The predicted molar refractivity (Wildman–Crippen MR) is 64.1 cm³/mol. The van der Waals surface area contributed by atoms with Gasteiger partial charge in [0.2, 0.25) is 0 Å². The maximum Gasteiger partial charge on any atom is 0.114 e. The molecule has 0 amide bonds. The van der Waals surface area contributed by atoms with Gasteiger partial charge in [-0.3, -0.25) is 0 Å². The molecule has 1 atom stereocenters. The van der Waals surface area contributed by atoms with Crippen LogP contribution < -0.4 is 5.73 Å². The molecule has 2 N–H and O–H groups in total. The Labute approximate surface area is 95.4 Å². The standard InChI is InChI=1S/C11H19NO2S/c1-3-10-4-5-11(14-10)8-15-7-9(12)6-13-2/h4-5,9H,3,6-8,12H2,1-2H3. The van der Waals surface area contributed by atoms with Gasteiger partial charge in [-0.25, -0.2) is 0 Å². The van der Waals surface area contributed by atoms with E-state index in [1.807, 2.05) is 12.1 Å². The van der Waals surface area contributed by atoms with E-state index in [9.17, 15) is 0 Å². The average molecular weight is 229 g/mol. The molecule has 0 aliphatic carbocycles. The second-order valence-electron chi connectivity index (χ2n) is 3.45. The van der Waals surface area contributed by atoms with Crippen LogP contribution in [0.5, 0.6) is 0 Å². The Morgan fingerprint density at radius 3 is 2.80 bits per heavy atom. The monoisotopic (exact) mass is 229 g/mol. The fourth-order valence-electron chi connectivity index (χ4n) is 1.26. The molecule has 0 fully saturated rings. The number of aryl methyl sites for hydroxylation is 1. The van der Waals surface area contributed by atoms with Crippen molar-refractivity contribution in [1.29, 1.82) is 0 Å². The smallest absolute Gasteiger partial charge is 0.114 e. The van der Waals surface area contributed by atoms with Crippen molar-refractivity contribution >= 4 is 11.8 Å². The fraction of sp³-hybridized carbons (Fsp3) is 0.636. The third-order valence-electron chi connectivity index (χ3n) is 2.02.